The van der Waals surface area contributed by atoms with Gasteiger partial charge in [-0.1, -0.05) is 23.8 Å². The number of aromatic hydroxyl groups is 1. The van der Waals surface area contributed by atoms with E-state index in [4.69, 9.17) is 4.74 Å². The zero-order chi connectivity index (χ0) is 11.8. The summed E-state index contributed by atoms with van der Waals surface area (Å²) in [6.45, 7) is 3.08. The van der Waals surface area contributed by atoms with Gasteiger partial charge in [0.15, 0.2) is 0 Å². The number of rotatable bonds is 1. The zero-order valence-corrected chi connectivity index (χ0v) is 10.1. The van der Waals surface area contributed by atoms with Crippen LogP contribution in [0.3, 0.4) is 0 Å². The third-order valence-electron chi connectivity index (χ3n) is 4.04. The summed E-state index contributed by atoms with van der Waals surface area (Å²) in [6, 6.07) is 7.43. The number of benzene rings is 1. The average Bonchev–Trinajstić information content (AvgIpc) is 2.36. The lowest BCUT2D eigenvalue weighted by molar-refractivity contribution is -0.0512. The van der Waals surface area contributed by atoms with Crippen LogP contribution < -0.4 is 0 Å². The minimum atomic E-state index is 0.170. The van der Waals surface area contributed by atoms with Crippen molar-refractivity contribution in [2.24, 2.45) is 11.8 Å². The van der Waals surface area contributed by atoms with Crippen LogP contribution in [0.25, 0.3) is 0 Å². The Morgan fingerprint density at radius 1 is 1.24 bits per heavy atom. The fraction of sp³-hybridized carbons (Fsp3) is 0.467. The van der Waals surface area contributed by atoms with E-state index in [1.807, 2.05) is 12.1 Å². The lowest BCUT2D eigenvalue weighted by Gasteiger charge is -2.40. The number of ether oxygens (including phenoxy) is 1. The van der Waals surface area contributed by atoms with Gasteiger partial charge in [-0.25, -0.2) is 0 Å². The first-order valence-corrected chi connectivity index (χ1v) is 6.31. The predicted octanol–water partition coefficient (Wildman–Crippen LogP) is 3.44. The molecule has 1 aromatic rings. The van der Waals surface area contributed by atoms with Crippen molar-refractivity contribution in [3.8, 4) is 5.75 Å². The van der Waals surface area contributed by atoms with Crippen LogP contribution >= 0.6 is 0 Å². The maximum absolute atomic E-state index is 9.33. The second-order valence-electron chi connectivity index (χ2n) is 5.24. The van der Waals surface area contributed by atoms with E-state index in [-0.39, 0.29) is 6.10 Å². The second kappa shape index (κ2) is 4.19. The van der Waals surface area contributed by atoms with Crippen molar-refractivity contribution >= 4 is 0 Å². The smallest absolute Gasteiger partial charge is 0.115 e. The molecule has 1 fully saturated rings. The molecule has 1 aromatic carbocycles. The van der Waals surface area contributed by atoms with E-state index in [9.17, 15) is 5.11 Å². The Balaban J connectivity index is 1.90. The van der Waals surface area contributed by atoms with Crippen molar-refractivity contribution in [3.63, 3.8) is 0 Å². The van der Waals surface area contributed by atoms with Gasteiger partial charge in [0.05, 0.1) is 12.7 Å². The van der Waals surface area contributed by atoms with Gasteiger partial charge in [0, 0.05) is 5.92 Å². The quantitative estimate of drug-likeness (QED) is 0.749. The van der Waals surface area contributed by atoms with Gasteiger partial charge in [0.2, 0.25) is 0 Å². The standard InChI is InChI=1S/C15H18O2/c1-10-2-3-11-8-14(10)15(17-9-11)12-4-6-13(16)7-5-12/h2,4-7,11,14-16H,3,8-9H2,1H3/t11-,14-,15+/m1/s1. The molecule has 0 unspecified atom stereocenters. The number of allylic oxidation sites excluding steroid dienone is 1. The first kappa shape index (κ1) is 10.8. The summed E-state index contributed by atoms with van der Waals surface area (Å²) >= 11 is 0. The van der Waals surface area contributed by atoms with Crippen LogP contribution in [0.4, 0.5) is 0 Å². The highest BCUT2D eigenvalue weighted by Crippen LogP contribution is 2.44. The Bertz CT molecular complexity index is 433. The van der Waals surface area contributed by atoms with E-state index in [0.717, 1.165) is 6.61 Å². The van der Waals surface area contributed by atoms with Gasteiger partial charge >= 0.3 is 0 Å². The monoisotopic (exact) mass is 230 g/mol. The molecular weight excluding hydrogens is 212 g/mol. The van der Waals surface area contributed by atoms with Crippen molar-refractivity contribution in [2.75, 3.05) is 6.61 Å². The van der Waals surface area contributed by atoms with Gasteiger partial charge in [-0.3, -0.25) is 0 Å². The maximum Gasteiger partial charge on any atom is 0.115 e. The molecular formula is C15H18O2. The Morgan fingerprint density at radius 2 is 2.00 bits per heavy atom. The summed E-state index contributed by atoms with van der Waals surface area (Å²) in [4.78, 5) is 0. The Kier molecular flexibility index (Phi) is 2.67. The van der Waals surface area contributed by atoms with E-state index in [2.05, 4.69) is 13.0 Å². The molecule has 2 bridgehead atoms. The van der Waals surface area contributed by atoms with Crippen molar-refractivity contribution in [3.05, 3.63) is 41.5 Å². The van der Waals surface area contributed by atoms with Crippen molar-refractivity contribution in [1.82, 2.24) is 0 Å². The molecule has 0 amide bonds. The molecule has 0 saturated carbocycles. The van der Waals surface area contributed by atoms with Crippen molar-refractivity contribution in [1.29, 1.82) is 0 Å². The Hall–Kier alpha value is -1.28. The number of phenolic OH excluding ortho intramolecular Hbond substituents is 1. The predicted molar refractivity (Wildman–Crippen MR) is 66.8 cm³/mol. The van der Waals surface area contributed by atoms with Crippen LogP contribution in [-0.2, 0) is 4.74 Å². The van der Waals surface area contributed by atoms with Gasteiger partial charge < -0.3 is 9.84 Å². The molecule has 17 heavy (non-hydrogen) atoms. The van der Waals surface area contributed by atoms with E-state index >= 15 is 0 Å². The molecule has 1 aliphatic heterocycles. The first-order chi connectivity index (χ1) is 8.24. The largest absolute Gasteiger partial charge is 0.508 e. The second-order valence-corrected chi connectivity index (χ2v) is 5.24. The molecule has 3 atom stereocenters. The summed E-state index contributed by atoms with van der Waals surface area (Å²) in [7, 11) is 0. The first-order valence-electron chi connectivity index (χ1n) is 6.31. The SMILES string of the molecule is CC1=CC[C@H]2CO[C@@H](c3ccc(O)cc3)[C@@H]1C2. The van der Waals surface area contributed by atoms with E-state index in [0.29, 0.717) is 17.6 Å². The number of phenols is 1. The highest BCUT2D eigenvalue weighted by atomic mass is 16.5. The van der Waals surface area contributed by atoms with Crippen LogP contribution in [0, 0.1) is 11.8 Å². The van der Waals surface area contributed by atoms with Crippen molar-refractivity contribution in [2.45, 2.75) is 25.9 Å². The number of hydrogen-bond acceptors (Lipinski definition) is 2. The summed E-state index contributed by atoms with van der Waals surface area (Å²) in [5.41, 5.74) is 2.64. The van der Waals surface area contributed by atoms with Gasteiger partial charge in [-0.2, -0.15) is 0 Å². The zero-order valence-electron chi connectivity index (χ0n) is 10.1. The molecule has 1 saturated heterocycles. The molecule has 0 radical (unpaired) electrons. The normalized spacial score (nSPS) is 32.1. The third kappa shape index (κ3) is 1.98. The molecule has 2 aliphatic rings. The molecule has 1 aliphatic carbocycles. The number of fused-ring (bicyclic) bond motifs is 2. The lowest BCUT2D eigenvalue weighted by atomic mass is 9.75. The summed E-state index contributed by atoms with van der Waals surface area (Å²) in [5, 5.41) is 9.33. The van der Waals surface area contributed by atoms with Gasteiger partial charge in [-0.05, 0) is 43.4 Å². The summed E-state index contributed by atoms with van der Waals surface area (Å²) in [6.07, 6.45) is 4.95. The average molecular weight is 230 g/mol. The van der Waals surface area contributed by atoms with Gasteiger partial charge in [0.25, 0.3) is 0 Å². The molecule has 0 aromatic heterocycles. The molecule has 1 N–H and O–H groups in total. The van der Waals surface area contributed by atoms with E-state index < -0.39 is 0 Å². The minimum Gasteiger partial charge on any atom is -0.508 e. The Morgan fingerprint density at radius 3 is 2.76 bits per heavy atom. The van der Waals surface area contributed by atoms with Crippen LogP contribution in [-0.4, -0.2) is 11.7 Å². The summed E-state index contributed by atoms with van der Waals surface area (Å²) < 4.78 is 6.02. The maximum atomic E-state index is 9.33. The van der Waals surface area contributed by atoms with Crippen LogP contribution in [0.2, 0.25) is 0 Å². The van der Waals surface area contributed by atoms with Crippen molar-refractivity contribution < 1.29 is 9.84 Å². The minimum absolute atomic E-state index is 0.170. The fourth-order valence-corrected chi connectivity index (χ4v) is 2.99. The molecule has 0 spiro atoms. The van der Waals surface area contributed by atoms with Gasteiger partial charge in [0.1, 0.15) is 5.75 Å². The molecule has 2 nitrogen and oxygen atoms in total. The van der Waals surface area contributed by atoms with E-state index in [1.54, 1.807) is 12.1 Å². The third-order valence-corrected chi connectivity index (χ3v) is 4.04. The Labute approximate surface area is 102 Å². The highest BCUT2D eigenvalue weighted by molar-refractivity contribution is 5.30. The molecule has 3 rings (SSSR count). The molecule has 90 valence electrons. The number of hydrogen-bond donors (Lipinski definition) is 1. The van der Waals surface area contributed by atoms with Crippen LogP contribution in [0.15, 0.2) is 35.9 Å². The highest BCUT2D eigenvalue weighted by Gasteiger charge is 2.35. The lowest BCUT2D eigenvalue weighted by Crippen LogP contribution is -2.32. The fourth-order valence-electron chi connectivity index (χ4n) is 2.99. The van der Waals surface area contributed by atoms with Crippen LogP contribution in [0.1, 0.15) is 31.4 Å². The summed E-state index contributed by atoms with van der Waals surface area (Å²) in [5.74, 6) is 1.54. The van der Waals surface area contributed by atoms with E-state index in [1.165, 1.54) is 24.0 Å². The van der Waals surface area contributed by atoms with Crippen LogP contribution in [0.5, 0.6) is 5.75 Å². The molecule has 2 heteroatoms. The topological polar surface area (TPSA) is 29.5 Å². The van der Waals surface area contributed by atoms with Gasteiger partial charge in [-0.15, -0.1) is 0 Å². The molecule has 1 heterocycles.